The third-order valence-corrected chi connectivity index (χ3v) is 9.66. The first-order chi connectivity index (χ1) is 20.5. The molecule has 12 heteroatoms. The van der Waals surface area contributed by atoms with E-state index in [0.717, 1.165) is 35.7 Å². The molecule has 4 rings (SSSR count). The van der Waals surface area contributed by atoms with Gasteiger partial charge in [-0.05, 0) is 80.5 Å². The van der Waals surface area contributed by atoms with Crippen molar-refractivity contribution in [3.63, 3.8) is 0 Å². The Labute approximate surface area is 256 Å². The van der Waals surface area contributed by atoms with E-state index in [1.54, 1.807) is 6.07 Å². The van der Waals surface area contributed by atoms with Gasteiger partial charge in [-0.15, -0.1) is 0 Å². The fraction of sp³-hybridized carbons (Fsp3) is 0.438. The van der Waals surface area contributed by atoms with Gasteiger partial charge in [-0.25, -0.2) is 8.42 Å². The number of aliphatic hydroxyl groups is 1. The van der Waals surface area contributed by atoms with E-state index in [4.69, 9.17) is 5.11 Å². The van der Waals surface area contributed by atoms with E-state index >= 15 is 0 Å². The number of pyridine rings is 1. The number of carboxylic acids is 1. The van der Waals surface area contributed by atoms with E-state index < -0.39 is 38.7 Å². The van der Waals surface area contributed by atoms with Gasteiger partial charge in [0, 0.05) is 43.4 Å². The molecule has 44 heavy (non-hydrogen) atoms. The molecule has 1 aliphatic carbocycles. The van der Waals surface area contributed by atoms with Crippen LogP contribution in [0.4, 0.5) is 13.2 Å². The van der Waals surface area contributed by atoms with Crippen LogP contribution in [0.5, 0.6) is 0 Å². The van der Waals surface area contributed by atoms with Crippen molar-refractivity contribution in [1.82, 2.24) is 14.6 Å². The number of alkyl halides is 3. The van der Waals surface area contributed by atoms with Gasteiger partial charge in [-0.1, -0.05) is 30.3 Å². The van der Waals surface area contributed by atoms with E-state index in [0.29, 0.717) is 17.7 Å². The Morgan fingerprint density at radius 1 is 1.07 bits per heavy atom. The molecular weight excluding hydrogens is 595 g/mol. The second kappa shape index (κ2) is 13.4. The Kier molecular flexibility index (Phi) is 10.2. The fourth-order valence-corrected chi connectivity index (χ4v) is 6.98. The zero-order valence-electron chi connectivity index (χ0n) is 24.9. The molecule has 0 amide bonds. The van der Waals surface area contributed by atoms with Gasteiger partial charge < -0.3 is 15.5 Å². The van der Waals surface area contributed by atoms with Gasteiger partial charge in [0.1, 0.15) is 0 Å². The van der Waals surface area contributed by atoms with Crippen LogP contribution in [0.2, 0.25) is 0 Å². The molecule has 8 nitrogen and oxygen atoms in total. The number of aliphatic hydroxyl groups excluding tert-OH is 1. The number of β-amino-alcohol motifs (C(OH)–C–C–N with tert-alkyl or cyclic N) is 1. The molecule has 3 aromatic rings. The topological polar surface area (TPSA) is 120 Å². The number of aliphatic carboxylic acids is 1. The molecule has 0 spiro atoms. The second-order valence-corrected chi connectivity index (χ2v) is 14.1. The molecule has 0 aliphatic heterocycles. The first-order valence-corrected chi connectivity index (χ1v) is 15.8. The number of halogens is 3. The summed E-state index contributed by atoms with van der Waals surface area (Å²) in [6.45, 7) is 3.80. The first-order valence-electron chi connectivity index (χ1n) is 14.4. The molecule has 2 aromatic carbocycles. The van der Waals surface area contributed by atoms with Gasteiger partial charge in [0.2, 0.25) is 10.0 Å². The van der Waals surface area contributed by atoms with Crippen LogP contribution in [0.3, 0.4) is 0 Å². The lowest BCUT2D eigenvalue weighted by atomic mass is 9.88. The lowest BCUT2D eigenvalue weighted by Gasteiger charge is -2.31. The predicted molar refractivity (Wildman–Crippen MR) is 160 cm³/mol. The van der Waals surface area contributed by atoms with Crippen molar-refractivity contribution in [2.75, 3.05) is 20.1 Å². The first kappa shape index (κ1) is 33.6. The highest BCUT2D eigenvalue weighted by Crippen LogP contribution is 2.35. The van der Waals surface area contributed by atoms with E-state index in [2.05, 4.69) is 22.4 Å². The summed E-state index contributed by atoms with van der Waals surface area (Å²) in [5.74, 6) is -0.606. The fourth-order valence-electron chi connectivity index (χ4n) is 5.70. The monoisotopic (exact) mass is 633 g/mol. The number of carboxylic acid groups (broad SMARTS) is 1. The third-order valence-electron chi connectivity index (χ3n) is 7.86. The molecule has 1 aromatic heterocycles. The highest BCUT2D eigenvalue weighted by molar-refractivity contribution is 7.89. The zero-order valence-corrected chi connectivity index (χ0v) is 25.8. The van der Waals surface area contributed by atoms with Crippen molar-refractivity contribution in [2.24, 2.45) is 5.92 Å². The maximum atomic E-state index is 13.8. The number of sulfonamides is 1. The third kappa shape index (κ3) is 8.65. The molecule has 238 valence electrons. The number of nitrogens with one attached hydrogen (secondary N) is 1. The number of aryl methyl sites for hydroxylation is 1. The van der Waals surface area contributed by atoms with Crippen LogP contribution in [-0.2, 0) is 40.3 Å². The van der Waals surface area contributed by atoms with Crippen LogP contribution in [0.15, 0.2) is 65.6 Å². The van der Waals surface area contributed by atoms with E-state index in [1.165, 1.54) is 30.3 Å². The van der Waals surface area contributed by atoms with Gasteiger partial charge in [0.05, 0.1) is 28.7 Å². The average Bonchev–Trinajstić information content (AvgIpc) is 3.36. The Bertz CT molecular complexity index is 1570. The summed E-state index contributed by atoms with van der Waals surface area (Å²) in [6.07, 6.45) is -3.30. The minimum Gasteiger partial charge on any atom is -0.481 e. The smallest absolute Gasteiger partial charge is 0.416 e. The van der Waals surface area contributed by atoms with Gasteiger partial charge in [-0.3, -0.25) is 9.78 Å². The minimum atomic E-state index is -4.84. The van der Waals surface area contributed by atoms with Crippen molar-refractivity contribution in [1.29, 1.82) is 0 Å². The summed E-state index contributed by atoms with van der Waals surface area (Å²) >= 11 is 0. The number of hydrogen-bond acceptors (Lipinski definition) is 6. The Hall–Kier alpha value is -3.32. The molecule has 1 aliphatic rings. The van der Waals surface area contributed by atoms with Crippen molar-refractivity contribution in [2.45, 2.75) is 68.7 Å². The van der Waals surface area contributed by atoms with Gasteiger partial charge in [0.15, 0.2) is 0 Å². The summed E-state index contributed by atoms with van der Waals surface area (Å²) < 4.78 is 69.3. The normalized spacial score (nSPS) is 15.0. The Balaban J connectivity index is 1.45. The molecule has 0 bridgehead atoms. The number of carbonyl (C=O) groups is 1. The zero-order chi connectivity index (χ0) is 32.3. The molecule has 0 fully saturated rings. The maximum Gasteiger partial charge on any atom is 0.416 e. The number of fused-ring (bicyclic) bond motifs is 1. The number of likely N-dealkylation sites (N-methyl/N-ethyl adjacent to an activating group) is 1. The SMILES string of the molecule is CN(CC(O)CNC(C)(C)CC1Cc2ccccc2C1)S(=O)(=O)c1cc(-c2cccc(CCC(=O)O)n2)cc(C(F)(F)F)c1. The molecule has 0 saturated heterocycles. The molecular formula is C32H38F3N3O5S. The molecule has 3 N–H and O–H groups in total. The van der Waals surface area contributed by atoms with Crippen molar-refractivity contribution in [3.05, 3.63) is 83.0 Å². The van der Waals surface area contributed by atoms with Crippen molar-refractivity contribution in [3.8, 4) is 11.3 Å². The number of hydrogen-bond donors (Lipinski definition) is 3. The number of nitrogens with zero attached hydrogens (tertiary/aromatic N) is 2. The summed E-state index contributed by atoms with van der Waals surface area (Å²) in [5, 5.41) is 23.0. The molecule has 1 heterocycles. The van der Waals surface area contributed by atoms with E-state index in [1.807, 2.05) is 26.0 Å². The van der Waals surface area contributed by atoms with Crippen LogP contribution in [0, 0.1) is 5.92 Å². The largest absolute Gasteiger partial charge is 0.481 e. The molecule has 0 saturated carbocycles. The minimum absolute atomic E-state index is 0.0626. The van der Waals surface area contributed by atoms with Crippen molar-refractivity contribution < 1.29 is 36.6 Å². The average molecular weight is 634 g/mol. The van der Waals surface area contributed by atoms with Crippen LogP contribution in [-0.4, -0.2) is 65.7 Å². The summed E-state index contributed by atoms with van der Waals surface area (Å²) in [7, 11) is -3.23. The predicted octanol–water partition coefficient (Wildman–Crippen LogP) is 4.94. The van der Waals surface area contributed by atoms with Crippen molar-refractivity contribution >= 4 is 16.0 Å². The standard InChI is InChI=1S/C32H38F3N3O5S/c1-31(2,18-21-13-22-7-4-5-8-23(22)14-21)36-19-27(39)20-38(3)44(42,43)28-16-24(15-25(17-28)32(33,34)35)29-10-6-9-26(37-29)11-12-30(40)41/h4-10,15-17,21,27,36,39H,11-14,18-20H2,1-3H3,(H,40,41). The number of aromatic nitrogens is 1. The Morgan fingerprint density at radius 3 is 2.34 bits per heavy atom. The lowest BCUT2D eigenvalue weighted by molar-refractivity contribution is -0.138. The quantitative estimate of drug-likeness (QED) is 0.244. The van der Waals surface area contributed by atoms with Crippen LogP contribution >= 0.6 is 0 Å². The van der Waals surface area contributed by atoms with E-state index in [9.17, 15) is 31.5 Å². The van der Waals surface area contributed by atoms with Crippen LogP contribution < -0.4 is 5.32 Å². The molecule has 1 atom stereocenters. The van der Waals surface area contributed by atoms with Crippen LogP contribution in [0.25, 0.3) is 11.3 Å². The Morgan fingerprint density at radius 2 is 1.73 bits per heavy atom. The molecule has 0 radical (unpaired) electrons. The lowest BCUT2D eigenvalue weighted by Crippen LogP contribution is -2.47. The highest BCUT2D eigenvalue weighted by atomic mass is 32.2. The van der Waals surface area contributed by atoms with E-state index in [-0.39, 0.29) is 42.7 Å². The summed E-state index contributed by atoms with van der Waals surface area (Å²) in [5.41, 5.74) is 1.53. The number of benzene rings is 2. The van der Waals surface area contributed by atoms with Gasteiger partial charge in [0.25, 0.3) is 0 Å². The number of rotatable bonds is 13. The summed E-state index contributed by atoms with van der Waals surface area (Å²) in [6, 6.07) is 15.3. The van der Waals surface area contributed by atoms with Crippen LogP contribution in [0.1, 0.15) is 49.1 Å². The second-order valence-electron chi connectivity index (χ2n) is 12.1. The maximum absolute atomic E-state index is 13.8. The van der Waals surface area contributed by atoms with Gasteiger partial charge >= 0.3 is 12.1 Å². The summed E-state index contributed by atoms with van der Waals surface area (Å²) in [4.78, 5) is 14.6. The van der Waals surface area contributed by atoms with Gasteiger partial charge in [-0.2, -0.15) is 17.5 Å². The molecule has 1 unspecified atom stereocenters. The highest BCUT2D eigenvalue weighted by Gasteiger charge is 2.34.